The second-order valence-electron chi connectivity index (χ2n) is 5.55. The van der Waals surface area contributed by atoms with Crippen molar-refractivity contribution in [2.75, 3.05) is 19.7 Å². The van der Waals surface area contributed by atoms with Gasteiger partial charge in [-0.05, 0) is 24.6 Å². The topological polar surface area (TPSA) is 79.7 Å². The van der Waals surface area contributed by atoms with Gasteiger partial charge in [0, 0.05) is 11.9 Å². The maximum Gasteiger partial charge on any atom is 0.433 e. The summed E-state index contributed by atoms with van der Waals surface area (Å²) in [6, 6.07) is 2.18. The predicted octanol–water partition coefficient (Wildman–Crippen LogP) is 2.55. The van der Waals surface area contributed by atoms with Gasteiger partial charge in [0.05, 0.1) is 18.0 Å². The van der Waals surface area contributed by atoms with Crippen LogP contribution in [0.4, 0.5) is 13.2 Å². The third-order valence-electron chi connectivity index (χ3n) is 3.92. The number of amides is 1. The number of hydrogen-bond donors (Lipinski definition) is 1. The highest BCUT2D eigenvalue weighted by atomic mass is 32.1. The van der Waals surface area contributed by atoms with E-state index in [-0.39, 0.29) is 29.4 Å². The number of fused-ring (bicyclic) bond motifs is 1. The van der Waals surface area contributed by atoms with Crippen LogP contribution in [0.1, 0.15) is 20.9 Å². The van der Waals surface area contributed by atoms with Crippen molar-refractivity contribution in [3.05, 3.63) is 28.3 Å². The minimum absolute atomic E-state index is 0.0864. The lowest BCUT2D eigenvalue weighted by molar-refractivity contribution is -0.154. The number of hydrogen-bond acceptors (Lipinski definition) is 5. The van der Waals surface area contributed by atoms with Crippen LogP contribution in [0.5, 0.6) is 0 Å². The standard InChI is InChI=1S/C15H13F3N2O4S/c1-7-8-2-3-10(15(16,17)18)19-12(8)25-11(7)13(21)20-4-5-24-9(6-20)14(22)23/h2-3,9H,4-6H2,1H3,(H,22,23)/t9-/m1/s1. The van der Waals surface area contributed by atoms with Crippen molar-refractivity contribution in [1.82, 2.24) is 9.88 Å². The third-order valence-corrected chi connectivity index (χ3v) is 5.11. The maximum atomic E-state index is 12.8. The molecule has 2 aromatic rings. The van der Waals surface area contributed by atoms with Crippen LogP contribution in [0.25, 0.3) is 10.2 Å². The zero-order valence-corrected chi connectivity index (χ0v) is 13.8. The molecule has 10 heteroatoms. The number of ether oxygens (including phenoxy) is 1. The molecule has 1 saturated heterocycles. The van der Waals surface area contributed by atoms with Gasteiger partial charge in [0.1, 0.15) is 10.5 Å². The molecule has 0 radical (unpaired) electrons. The number of pyridine rings is 1. The summed E-state index contributed by atoms with van der Waals surface area (Å²) in [5.74, 6) is -1.59. The van der Waals surface area contributed by atoms with Crippen molar-refractivity contribution in [2.24, 2.45) is 0 Å². The number of carboxylic acid groups (broad SMARTS) is 1. The monoisotopic (exact) mass is 374 g/mol. The highest BCUT2D eigenvalue weighted by molar-refractivity contribution is 7.20. The van der Waals surface area contributed by atoms with Crippen molar-refractivity contribution >= 4 is 33.4 Å². The molecule has 3 heterocycles. The minimum atomic E-state index is -4.56. The largest absolute Gasteiger partial charge is 0.479 e. The SMILES string of the molecule is Cc1c(C(=O)N2CCO[C@@H](C(=O)O)C2)sc2nc(C(F)(F)F)ccc12. The van der Waals surface area contributed by atoms with Gasteiger partial charge in [0.15, 0.2) is 6.10 Å². The number of thiophene rings is 1. The third kappa shape index (κ3) is 3.31. The lowest BCUT2D eigenvalue weighted by Gasteiger charge is -2.30. The van der Waals surface area contributed by atoms with Gasteiger partial charge in [-0.1, -0.05) is 0 Å². The Morgan fingerprint density at radius 1 is 1.40 bits per heavy atom. The number of rotatable bonds is 2. The Hall–Kier alpha value is -2.20. The molecule has 3 rings (SSSR count). The van der Waals surface area contributed by atoms with Crippen molar-refractivity contribution in [2.45, 2.75) is 19.2 Å². The molecule has 0 unspecified atom stereocenters. The summed E-state index contributed by atoms with van der Waals surface area (Å²) >= 11 is 0.875. The van der Waals surface area contributed by atoms with E-state index in [2.05, 4.69) is 4.98 Å². The van der Waals surface area contributed by atoms with Crippen LogP contribution in [-0.2, 0) is 15.7 Å². The Morgan fingerprint density at radius 3 is 2.76 bits per heavy atom. The number of aliphatic carboxylic acids is 1. The summed E-state index contributed by atoms with van der Waals surface area (Å²) < 4.78 is 43.4. The Bertz CT molecular complexity index is 849. The van der Waals surface area contributed by atoms with Gasteiger partial charge in [-0.2, -0.15) is 13.2 Å². The summed E-state index contributed by atoms with van der Waals surface area (Å²) in [6.07, 6.45) is -5.67. The van der Waals surface area contributed by atoms with Crippen molar-refractivity contribution in [1.29, 1.82) is 0 Å². The summed E-state index contributed by atoms with van der Waals surface area (Å²) in [4.78, 5) is 29.0. The average molecular weight is 374 g/mol. The smallest absolute Gasteiger partial charge is 0.433 e. The molecule has 0 saturated carbocycles. The fraction of sp³-hybridized carbons (Fsp3) is 0.400. The number of aromatic nitrogens is 1. The number of nitrogens with zero attached hydrogens (tertiary/aromatic N) is 2. The fourth-order valence-electron chi connectivity index (χ4n) is 2.59. The highest BCUT2D eigenvalue weighted by Crippen LogP contribution is 2.34. The van der Waals surface area contributed by atoms with Gasteiger partial charge >= 0.3 is 12.1 Å². The molecule has 1 amide bonds. The first kappa shape index (κ1) is 17.6. The summed E-state index contributed by atoms with van der Waals surface area (Å²) in [5.41, 5.74) is -0.484. The molecule has 0 bridgehead atoms. The van der Waals surface area contributed by atoms with Crippen molar-refractivity contribution < 1.29 is 32.6 Å². The normalized spacial score (nSPS) is 18.6. The van der Waals surface area contributed by atoms with Gasteiger partial charge in [0.25, 0.3) is 5.91 Å². The van der Waals surface area contributed by atoms with E-state index < -0.39 is 29.9 Å². The molecule has 6 nitrogen and oxygen atoms in total. The van der Waals surface area contributed by atoms with E-state index in [1.807, 2.05) is 0 Å². The molecule has 2 aromatic heterocycles. The minimum Gasteiger partial charge on any atom is -0.479 e. The fourth-order valence-corrected chi connectivity index (χ4v) is 3.74. The number of carboxylic acids is 1. The maximum absolute atomic E-state index is 12.8. The molecule has 1 fully saturated rings. The Morgan fingerprint density at radius 2 is 2.12 bits per heavy atom. The van der Waals surface area contributed by atoms with Crippen LogP contribution in [0, 0.1) is 6.92 Å². The molecule has 1 aliphatic heterocycles. The number of aryl methyl sites for hydroxylation is 1. The lowest BCUT2D eigenvalue weighted by atomic mass is 10.1. The first-order chi connectivity index (χ1) is 11.7. The second-order valence-corrected chi connectivity index (χ2v) is 6.55. The summed E-state index contributed by atoms with van der Waals surface area (Å²) in [7, 11) is 0. The lowest BCUT2D eigenvalue weighted by Crippen LogP contribution is -2.48. The van der Waals surface area contributed by atoms with Crippen LogP contribution in [0.15, 0.2) is 12.1 Å². The first-order valence-electron chi connectivity index (χ1n) is 7.29. The molecular formula is C15H13F3N2O4S. The van der Waals surface area contributed by atoms with E-state index in [0.29, 0.717) is 10.9 Å². The van der Waals surface area contributed by atoms with E-state index >= 15 is 0 Å². The second kappa shape index (κ2) is 6.26. The molecule has 0 aliphatic carbocycles. The van der Waals surface area contributed by atoms with Crippen LogP contribution in [-0.4, -0.2) is 52.7 Å². The molecule has 25 heavy (non-hydrogen) atoms. The van der Waals surface area contributed by atoms with E-state index in [0.717, 1.165) is 17.4 Å². The Kier molecular flexibility index (Phi) is 4.41. The zero-order chi connectivity index (χ0) is 18.4. The summed E-state index contributed by atoms with van der Waals surface area (Å²) in [6.45, 7) is 1.83. The average Bonchev–Trinajstić information content (AvgIpc) is 2.90. The molecule has 0 aromatic carbocycles. The van der Waals surface area contributed by atoms with Gasteiger partial charge < -0.3 is 14.7 Å². The van der Waals surface area contributed by atoms with Gasteiger partial charge in [-0.15, -0.1) is 11.3 Å². The van der Waals surface area contributed by atoms with Gasteiger partial charge in [-0.25, -0.2) is 9.78 Å². The van der Waals surface area contributed by atoms with E-state index in [9.17, 15) is 22.8 Å². The van der Waals surface area contributed by atoms with Crippen LogP contribution < -0.4 is 0 Å². The number of alkyl halides is 3. The van der Waals surface area contributed by atoms with Crippen molar-refractivity contribution in [3.63, 3.8) is 0 Å². The van der Waals surface area contributed by atoms with E-state index in [1.54, 1.807) is 6.92 Å². The number of carbonyl (C=O) groups excluding carboxylic acids is 1. The highest BCUT2D eigenvalue weighted by Gasteiger charge is 2.34. The molecule has 134 valence electrons. The van der Waals surface area contributed by atoms with E-state index in [4.69, 9.17) is 9.84 Å². The van der Waals surface area contributed by atoms with Crippen LogP contribution in [0.3, 0.4) is 0 Å². The van der Waals surface area contributed by atoms with E-state index in [1.165, 1.54) is 11.0 Å². The zero-order valence-electron chi connectivity index (χ0n) is 13.0. The molecular weight excluding hydrogens is 361 g/mol. The van der Waals surface area contributed by atoms with Gasteiger partial charge in [0.2, 0.25) is 0 Å². The molecule has 1 N–H and O–H groups in total. The number of carbonyl (C=O) groups is 2. The Labute approximate surface area is 143 Å². The van der Waals surface area contributed by atoms with Crippen molar-refractivity contribution in [3.8, 4) is 0 Å². The molecule has 1 aliphatic rings. The predicted molar refractivity (Wildman–Crippen MR) is 82.6 cm³/mol. The molecule has 1 atom stereocenters. The van der Waals surface area contributed by atoms with Crippen LogP contribution >= 0.6 is 11.3 Å². The van der Waals surface area contributed by atoms with Crippen LogP contribution in [0.2, 0.25) is 0 Å². The van der Waals surface area contributed by atoms with Gasteiger partial charge in [-0.3, -0.25) is 4.79 Å². The molecule has 0 spiro atoms. The summed E-state index contributed by atoms with van der Waals surface area (Å²) in [5, 5.41) is 9.48. The quantitative estimate of drug-likeness (QED) is 0.874. The Balaban J connectivity index is 1.94. The first-order valence-corrected chi connectivity index (χ1v) is 8.11. The number of halogens is 3. The number of morpholine rings is 1.